The van der Waals surface area contributed by atoms with E-state index in [0.29, 0.717) is 17.4 Å². The van der Waals surface area contributed by atoms with E-state index in [4.69, 9.17) is 9.47 Å². The van der Waals surface area contributed by atoms with Crippen LogP contribution >= 0.6 is 0 Å². The van der Waals surface area contributed by atoms with Gasteiger partial charge < -0.3 is 19.9 Å². The third-order valence-corrected chi connectivity index (χ3v) is 3.01. The molecule has 0 amide bonds. The van der Waals surface area contributed by atoms with Gasteiger partial charge in [0.2, 0.25) is 5.75 Å². The SMILES string of the molecule is COc1cc(C2CCNC2)cc(O)c1OC. The van der Waals surface area contributed by atoms with Crippen LogP contribution in [0.3, 0.4) is 0 Å². The molecule has 1 aromatic rings. The zero-order valence-electron chi connectivity index (χ0n) is 9.62. The monoisotopic (exact) mass is 223 g/mol. The summed E-state index contributed by atoms with van der Waals surface area (Å²) in [5.74, 6) is 1.58. The molecule has 1 fully saturated rings. The Hall–Kier alpha value is -1.42. The second kappa shape index (κ2) is 4.61. The van der Waals surface area contributed by atoms with Crippen molar-refractivity contribution in [3.05, 3.63) is 17.7 Å². The quantitative estimate of drug-likeness (QED) is 0.815. The van der Waals surface area contributed by atoms with Gasteiger partial charge >= 0.3 is 0 Å². The minimum absolute atomic E-state index is 0.142. The van der Waals surface area contributed by atoms with Gasteiger partial charge in [0, 0.05) is 6.54 Å². The van der Waals surface area contributed by atoms with Gasteiger partial charge in [-0.3, -0.25) is 0 Å². The Morgan fingerprint density at radius 2 is 2.12 bits per heavy atom. The number of phenolic OH excluding ortho intramolecular Hbond substituents is 1. The van der Waals surface area contributed by atoms with Crippen LogP contribution in [0.2, 0.25) is 0 Å². The molecule has 4 heteroatoms. The molecule has 1 atom stereocenters. The molecule has 0 spiro atoms. The number of hydrogen-bond donors (Lipinski definition) is 2. The van der Waals surface area contributed by atoms with Gasteiger partial charge in [0.05, 0.1) is 14.2 Å². The van der Waals surface area contributed by atoms with Crippen LogP contribution in [0.25, 0.3) is 0 Å². The van der Waals surface area contributed by atoms with Crippen molar-refractivity contribution < 1.29 is 14.6 Å². The lowest BCUT2D eigenvalue weighted by Crippen LogP contribution is -2.08. The fourth-order valence-corrected chi connectivity index (χ4v) is 2.14. The summed E-state index contributed by atoms with van der Waals surface area (Å²) in [6.45, 7) is 1.98. The first-order chi connectivity index (χ1) is 7.76. The van der Waals surface area contributed by atoms with Crippen molar-refractivity contribution in [1.29, 1.82) is 0 Å². The van der Waals surface area contributed by atoms with Crippen molar-refractivity contribution >= 4 is 0 Å². The molecule has 0 aliphatic carbocycles. The Labute approximate surface area is 95.2 Å². The average molecular weight is 223 g/mol. The summed E-state index contributed by atoms with van der Waals surface area (Å²) in [6.07, 6.45) is 1.09. The first-order valence-corrected chi connectivity index (χ1v) is 5.42. The van der Waals surface area contributed by atoms with Crippen molar-refractivity contribution in [2.75, 3.05) is 27.3 Å². The lowest BCUT2D eigenvalue weighted by molar-refractivity contribution is 0.332. The minimum atomic E-state index is 0.142. The predicted molar refractivity (Wildman–Crippen MR) is 61.4 cm³/mol. The van der Waals surface area contributed by atoms with Gasteiger partial charge in [0.25, 0.3) is 0 Å². The Kier molecular flexibility index (Phi) is 3.19. The highest BCUT2D eigenvalue weighted by atomic mass is 16.5. The van der Waals surface area contributed by atoms with Crippen LogP contribution in [-0.2, 0) is 0 Å². The Morgan fingerprint density at radius 1 is 1.31 bits per heavy atom. The summed E-state index contributed by atoms with van der Waals surface area (Å²) >= 11 is 0. The van der Waals surface area contributed by atoms with E-state index in [1.165, 1.54) is 7.11 Å². The molecule has 1 aliphatic heterocycles. The molecule has 0 aromatic heterocycles. The number of rotatable bonds is 3. The van der Waals surface area contributed by atoms with E-state index in [0.717, 1.165) is 25.1 Å². The van der Waals surface area contributed by atoms with Gasteiger partial charge in [-0.2, -0.15) is 0 Å². The number of aromatic hydroxyl groups is 1. The lowest BCUT2D eigenvalue weighted by Gasteiger charge is -2.14. The van der Waals surface area contributed by atoms with Gasteiger partial charge in [-0.15, -0.1) is 0 Å². The van der Waals surface area contributed by atoms with Crippen molar-refractivity contribution in [1.82, 2.24) is 5.32 Å². The molecule has 4 nitrogen and oxygen atoms in total. The summed E-state index contributed by atoms with van der Waals surface area (Å²) in [5.41, 5.74) is 1.10. The third kappa shape index (κ3) is 1.93. The number of phenols is 1. The van der Waals surface area contributed by atoms with E-state index in [9.17, 15) is 5.11 Å². The van der Waals surface area contributed by atoms with E-state index in [-0.39, 0.29) is 5.75 Å². The van der Waals surface area contributed by atoms with Gasteiger partial charge in [0.1, 0.15) is 0 Å². The minimum Gasteiger partial charge on any atom is -0.504 e. The largest absolute Gasteiger partial charge is 0.504 e. The second-order valence-corrected chi connectivity index (χ2v) is 3.97. The Bertz CT molecular complexity index is 373. The number of benzene rings is 1. The van der Waals surface area contributed by atoms with Crippen LogP contribution in [0, 0.1) is 0 Å². The second-order valence-electron chi connectivity index (χ2n) is 3.97. The van der Waals surface area contributed by atoms with Crippen LogP contribution in [0.5, 0.6) is 17.2 Å². The van der Waals surface area contributed by atoms with E-state index >= 15 is 0 Å². The highest BCUT2D eigenvalue weighted by Crippen LogP contribution is 2.40. The Morgan fingerprint density at radius 3 is 2.69 bits per heavy atom. The topological polar surface area (TPSA) is 50.7 Å². The summed E-state index contributed by atoms with van der Waals surface area (Å²) in [7, 11) is 3.10. The molecule has 1 saturated heterocycles. The number of hydrogen-bond acceptors (Lipinski definition) is 4. The lowest BCUT2D eigenvalue weighted by atomic mass is 9.97. The van der Waals surface area contributed by atoms with Crippen molar-refractivity contribution in [2.24, 2.45) is 0 Å². The number of methoxy groups -OCH3 is 2. The van der Waals surface area contributed by atoms with Crippen LogP contribution < -0.4 is 14.8 Å². The van der Waals surface area contributed by atoms with E-state index < -0.39 is 0 Å². The molecular formula is C12H17NO3. The van der Waals surface area contributed by atoms with Gasteiger partial charge in [-0.25, -0.2) is 0 Å². The molecule has 1 aromatic carbocycles. The summed E-state index contributed by atoms with van der Waals surface area (Å²) in [5, 5.41) is 13.1. The Balaban J connectivity index is 2.36. The molecule has 1 unspecified atom stereocenters. The first kappa shape index (κ1) is 11.1. The summed E-state index contributed by atoms with van der Waals surface area (Å²) < 4.78 is 10.3. The maximum absolute atomic E-state index is 9.84. The molecule has 16 heavy (non-hydrogen) atoms. The average Bonchev–Trinajstić information content (AvgIpc) is 2.81. The zero-order valence-corrected chi connectivity index (χ0v) is 9.62. The molecule has 0 bridgehead atoms. The molecule has 88 valence electrons. The smallest absolute Gasteiger partial charge is 0.203 e. The molecular weight excluding hydrogens is 206 g/mol. The fraction of sp³-hybridized carbons (Fsp3) is 0.500. The molecule has 0 radical (unpaired) electrons. The normalized spacial score (nSPS) is 19.8. The summed E-state index contributed by atoms with van der Waals surface area (Å²) in [4.78, 5) is 0. The predicted octanol–water partition coefficient (Wildman–Crippen LogP) is 1.49. The van der Waals surface area contributed by atoms with E-state index in [1.807, 2.05) is 6.07 Å². The van der Waals surface area contributed by atoms with Crippen LogP contribution in [-0.4, -0.2) is 32.4 Å². The highest BCUT2D eigenvalue weighted by Gasteiger charge is 2.20. The molecule has 1 heterocycles. The number of ether oxygens (including phenoxy) is 2. The fourth-order valence-electron chi connectivity index (χ4n) is 2.14. The standard InChI is InChI=1S/C12H17NO3/c1-15-11-6-9(8-3-4-13-7-8)5-10(14)12(11)16-2/h5-6,8,13-14H,3-4,7H2,1-2H3. The summed E-state index contributed by atoms with van der Waals surface area (Å²) in [6, 6.07) is 3.70. The first-order valence-electron chi connectivity index (χ1n) is 5.42. The maximum Gasteiger partial charge on any atom is 0.203 e. The van der Waals surface area contributed by atoms with Crippen molar-refractivity contribution in [2.45, 2.75) is 12.3 Å². The van der Waals surface area contributed by atoms with Crippen molar-refractivity contribution in [3.8, 4) is 17.2 Å². The van der Waals surface area contributed by atoms with Gasteiger partial charge in [0.15, 0.2) is 11.5 Å². The third-order valence-electron chi connectivity index (χ3n) is 3.01. The molecule has 2 N–H and O–H groups in total. The number of nitrogens with one attached hydrogen (secondary N) is 1. The van der Waals surface area contributed by atoms with Gasteiger partial charge in [-0.05, 0) is 36.6 Å². The van der Waals surface area contributed by atoms with Crippen molar-refractivity contribution in [3.63, 3.8) is 0 Å². The molecule has 0 saturated carbocycles. The van der Waals surface area contributed by atoms with Crippen LogP contribution in [0.1, 0.15) is 17.9 Å². The highest BCUT2D eigenvalue weighted by molar-refractivity contribution is 5.53. The van der Waals surface area contributed by atoms with Gasteiger partial charge in [-0.1, -0.05) is 0 Å². The van der Waals surface area contributed by atoms with E-state index in [1.54, 1.807) is 13.2 Å². The molecule has 2 rings (SSSR count). The zero-order chi connectivity index (χ0) is 11.5. The van der Waals surface area contributed by atoms with Crippen LogP contribution in [0.4, 0.5) is 0 Å². The van der Waals surface area contributed by atoms with E-state index in [2.05, 4.69) is 5.32 Å². The van der Waals surface area contributed by atoms with Crippen LogP contribution in [0.15, 0.2) is 12.1 Å². The molecule has 1 aliphatic rings. The maximum atomic E-state index is 9.84.